The van der Waals surface area contributed by atoms with Gasteiger partial charge in [-0.05, 0) is 50.3 Å². The van der Waals surface area contributed by atoms with Crippen molar-refractivity contribution in [2.24, 2.45) is 0 Å². The van der Waals surface area contributed by atoms with Crippen molar-refractivity contribution in [1.29, 1.82) is 0 Å². The lowest BCUT2D eigenvalue weighted by atomic mass is 9.98. The van der Waals surface area contributed by atoms with Gasteiger partial charge in [0, 0.05) is 11.1 Å². The predicted molar refractivity (Wildman–Crippen MR) is 111 cm³/mol. The summed E-state index contributed by atoms with van der Waals surface area (Å²) in [5.41, 5.74) is 3.79. The number of sulfonamides is 1. The minimum Gasteiger partial charge on any atom is -0.374 e. The van der Waals surface area contributed by atoms with Gasteiger partial charge < -0.3 is 9.26 Å². The maximum atomic E-state index is 13.3. The average Bonchev–Trinajstić information content (AvgIpc) is 3.48. The van der Waals surface area contributed by atoms with Crippen LogP contribution >= 0.6 is 0 Å². The Morgan fingerprint density at radius 2 is 1.79 bits per heavy atom. The lowest BCUT2D eigenvalue weighted by Crippen LogP contribution is -2.16. The zero-order valence-corrected chi connectivity index (χ0v) is 17.5. The average molecular weight is 413 g/mol. The molecule has 0 aliphatic heterocycles. The molecule has 0 bridgehead atoms. The van der Waals surface area contributed by atoms with Crippen molar-refractivity contribution in [3.05, 3.63) is 64.9 Å². The number of anilines is 1. The van der Waals surface area contributed by atoms with Crippen molar-refractivity contribution in [2.45, 2.75) is 51.2 Å². The van der Waals surface area contributed by atoms with E-state index in [1.807, 2.05) is 36.4 Å². The molecule has 1 aliphatic rings. The molecule has 2 aromatic carbocycles. The van der Waals surface area contributed by atoms with Gasteiger partial charge in [0.15, 0.2) is 5.82 Å². The molecule has 4 rings (SSSR count). The fraction of sp³-hybridized carbons (Fsp3) is 0.318. The van der Waals surface area contributed by atoms with Gasteiger partial charge in [0.2, 0.25) is 0 Å². The molecule has 152 valence electrons. The first kappa shape index (κ1) is 19.7. The number of ether oxygens (including phenoxy) is 1. The van der Waals surface area contributed by atoms with Crippen LogP contribution in [0.5, 0.6) is 0 Å². The fourth-order valence-corrected chi connectivity index (χ4v) is 4.77. The van der Waals surface area contributed by atoms with Gasteiger partial charge in [-0.3, -0.25) is 4.72 Å². The summed E-state index contributed by atoms with van der Waals surface area (Å²) in [7, 11) is -3.88. The molecule has 1 N–H and O–H groups in total. The van der Waals surface area contributed by atoms with Crippen molar-refractivity contribution < 1.29 is 17.7 Å². The van der Waals surface area contributed by atoms with Gasteiger partial charge in [-0.2, -0.15) is 0 Å². The highest BCUT2D eigenvalue weighted by atomic mass is 32.2. The molecule has 0 spiro atoms. The van der Waals surface area contributed by atoms with Gasteiger partial charge in [-0.15, -0.1) is 0 Å². The van der Waals surface area contributed by atoms with E-state index in [1.165, 1.54) is 0 Å². The summed E-state index contributed by atoms with van der Waals surface area (Å²) < 4.78 is 40.3. The summed E-state index contributed by atoms with van der Waals surface area (Å²) in [5.74, 6) is 0.789. The predicted octanol–water partition coefficient (Wildman–Crippen LogP) is 4.75. The number of benzene rings is 2. The van der Waals surface area contributed by atoms with E-state index in [-0.39, 0.29) is 10.7 Å². The smallest absolute Gasteiger partial charge is 0.264 e. The first-order valence-electron chi connectivity index (χ1n) is 9.62. The number of aromatic nitrogens is 1. The lowest BCUT2D eigenvalue weighted by molar-refractivity contribution is 0.106. The fourth-order valence-electron chi connectivity index (χ4n) is 3.26. The molecule has 1 saturated carbocycles. The van der Waals surface area contributed by atoms with Gasteiger partial charge in [0.1, 0.15) is 5.76 Å². The molecule has 1 heterocycles. The van der Waals surface area contributed by atoms with Gasteiger partial charge in [-0.1, -0.05) is 47.6 Å². The van der Waals surface area contributed by atoms with E-state index in [4.69, 9.17) is 9.26 Å². The van der Waals surface area contributed by atoms with Crippen LogP contribution in [0.25, 0.3) is 11.1 Å². The second kappa shape index (κ2) is 7.65. The molecular formula is C22H24N2O4S. The van der Waals surface area contributed by atoms with Crippen LogP contribution < -0.4 is 4.72 Å². The van der Waals surface area contributed by atoms with E-state index >= 15 is 0 Å². The summed E-state index contributed by atoms with van der Waals surface area (Å²) >= 11 is 0. The first-order chi connectivity index (χ1) is 13.9. The molecule has 1 aromatic heterocycles. The molecular weight excluding hydrogens is 388 g/mol. The third-order valence-corrected chi connectivity index (χ3v) is 6.72. The maximum absolute atomic E-state index is 13.3. The maximum Gasteiger partial charge on any atom is 0.264 e. The Morgan fingerprint density at radius 3 is 2.48 bits per heavy atom. The van der Waals surface area contributed by atoms with E-state index in [2.05, 4.69) is 9.88 Å². The van der Waals surface area contributed by atoms with Crippen molar-refractivity contribution in [3.63, 3.8) is 0 Å². The Hall–Kier alpha value is -2.64. The van der Waals surface area contributed by atoms with Gasteiger partial charge in [-0.25, -0.2) is 8.42 Å². The largest absolute Gasteiger partial charge is 0.374 e. The highest BCUT2D eigenvalue weighted by Gasteiger charge is 2.26. The van der Waals surface area contributed by atoms with Crippen LogP contribution in [0.3, 0.4) is 0 Å². The quantitative estimate of drug-likeness (QED) is 0.606. The van der Waals surface area contributed by atoms with Crippen molar-refractivity contribution >= 4 is 15.8 Å². The Kier molecular flexibility index (Phi) is 5.19. The van der Waals surface area contributed by atoms with Gasteiger partial charge >= 0.3 is 0 Å². The van der Waals surface area contributed by atoms with Crippen LogP contribution in [-0.2, 0) is 21.4 Å². The van der Waals surface area contributed by atoms with Crippen LogP contribution in [0.4, 0.5) is 5.82 Å². The van der Waals surface area contributed by atoms with E-state index < -0.39 is 10.0 Å². The molecule has 29 heavy (non-hydrogen) atoms. The molecule has 0 unspecified atom stereocenters. The summed E-state index contributed by atoms with van der Waals surface area (Å²) in [5, 5.41) is 3.85. The van der Waals surface area contributed by atoms with Gasteiger partial charge in [0.25, 0.3) is 10.0 Å². The van der Waals surface area contributed by atoms with Crippen molar-refractivity contribution in [2.75, 3.05) is 4.72 Å². The van der Waals surface area contributed by atoms with Crippen LogP contribution in [-0.4, -0.2) is 19.7 Å². The number of nitrogens with zero attached hydrogens (tertiary/aromatic N) is 1. The molecule has 0 atom stereocenters. The van der Waals surface area contributed by atoms with Crippen molar-refractivity contribution in [1.82, 2.24) is 5.16 Å². The van der Waals surface area contributed by atoms with Crippen LogP contribution in [0.2, 0.25) is 0 Å². The molecule has 0 radical (unpaired) electrons. The molecule has 3 aromatic rings. The zero-order chi connectivity index (χ0) is 20.6. The highest BCUT2D eigenvalue weighted by Crippen LogP contribution is 2.35. The number of nitrogens with one attached hydrogen (secondary N) is 1. The minimum atomic E-state index is -3.88. The lowest BCUT2D eigenvalue weighted by Gasteiger charge is -2.17. The number of hydrogen-bond acceptors (Lipinski definition) is 5. The number of aryl methyl sites for hydroxylation is 2. The molecule has 0 saturated heterocycles. The van der Waals surface area contributed by atoms with E-state index in [9.17, 15) is 8.42 Å². The van der Waals surface area contributed by atoms with Crippen LogP contribution in [0, 0.1) is 20.8 Å². The monoisotopic (exact) mass is 412 g/mol. The molecule has 1 fully saturated rings. The Morgan fingerprint density at radius 1 is 1.07 bits per heavy atom. The molecule has 0 amide bonds. The number of hydrogen-bond donors (Lipinski definition) is 1. The van der Waals surface area contributed by atoms with Crippen LogP contribution in [0.15, 0.2) is 51.9 Å². The zero-order valence-electron chi connectivity index (χ0n) is 16.7. The molecule has 6 nitrogen and oxygen atoms in total. The Bertz CT molecular complexity index is 1150. The normalized spacial score (nSPS) is 14.2. The standard InChI is InChI=1S/C22H24N2O4S/c1-14-7-6-10-20(19-9-5-4-8-17(19)13-27-18-11-12-18)21(14)29(25,26)24-22-15(2)16(3)28-23-22/h4-10,18H,11-13H2,1-3H3,(H,23,24). The van der Waals surface area contributed by atoms with Crippen LogP contribution in [0.1, 0.15) is 35.3 Å². The topological polar surface area (TPSA) is 81.4 Å². The minimum absolute atomic E-state index is 0.210. The third-order valence-electron chi connectivity index (χ3n) is 5.18. The second-order valence-electron chi connectivity index (χ2n) is 7.44. The Balaban J connectivity index is 1.77. The summed E-state index contributed by atoms with van der Waals surface area (Å²) in [6.07, 6.45) is 2.50. The van der Waals surface area contributed by atoms with E-state index in [0.717, 1.165) is 24.0 Å². The van der Waals surface area contributed by atoms with E-state index in [0.29, 0.717) is 35.2 Å². The first-order valence-corrected chi connectivity index (χ1v) is 11.1. The van der Waals surface area contributed by atoms with Gasteiger partial charge in [0.05, 0.1) is 17.6 Å². The highest BCUT2D eigenvalue weighted by molar-refractivity contribution is 7.93. The molecule has 7 heteroatoms. The van der Waals surface area contributed by atoms with E-state index in [1.54, 1.807) is 26.8 Å². The second-order valence-corrected chi connectivity index (χ2v) is 9.06. The summed E-state index contributed by atoms with van der Waals surface area (Å²) in [4.78, 5) is 0.235. The number of rotatable bonds is 7. The summed E-state index contributed by atoms with van der Waals surface area (Å²) in [6.45, 7) is 5.77. The summed E-state index contributed by atoms with van der Waals surface area (Å²) in [6, 6.07) is 13.3. The third kappa shape index (κ3) is 4.06. The SMILES string of the molecule is Cc1cccc(-c2ccccc2COC2CC2)c1S(=O)(=O)Nc1noc(C)c1C. The Labute approximate surface area is 170 Å². The van der Waals surface area contributed by atoms with Crippen molar-refractivity contribution in [3.8, 4) is 11.1 Å². The molecule has 1 aliphatic carbocycles.